The van der Waals surface area contributed by atoms with Gasteiger partial charge in [-0.3, -0.25) is 4.72 Å². The summed E-state index contributed by atoms with van der Waals surface area (Å²) in [6.45, 7) is 2.42. The van der Waals surface area contributed by atoms with Crippen LogP contribution in [0, 0.1) is 0 Å². The molecule has 3 aromatic rings. The van der Waals surface area contributed by atoms with Crippen LogP contribution in [-0.2, 0) is 10.0 Å². The molecule has 0 bridgehead atoms. The summed E-state index contributed by atoms with van der Waals surface area (Å²) in [5.41, 5.74) is 0.408. The van der Waals surface area contributed by atoms with E-state index in [1.165, 1.54) is 18.3 Å². The van der Waals surface area contributed by atoms with Crippen LogP contribution in [0.3, 0.4) is 0 Å². The molecule has 0 spiro atoms. The van der Waals surface area contributed by atoms with Crippen molar-refractivity contribution >= 4 is 15.7 Å². The van der Waals surface area contributed by atoms with E-state index in [-0.39, 0.29) is 10.9 Å². The predicted molar refractivity (Wildman–Crippen MR) is 82.6 cm³/mol. The van der Waals surface area contributed by atoms with Crippen molar-refractivity contribution in [2.45, 2.75) is 12.0 Å². The molecular formula is C15H14N2O5S. The Bertz CT molecular complexity index is 867. The van der Waals surface area contributed by atoms with Crippen molar-refractivity contribution in [2.24, 2.45) is 0 Å². The van der Waals surface area contributed by atoms with Gasteiger partial charge in [-0.2, -0.15) is 8.42 Å². The molecule has 120 valence electrons. The van der Waals surface area contributed by atoms with Crippen LogP contribution in [0.5, 0.6) is 5.75 Å². The number of ether oxygens (including phenoxy) is 1. The first kappa shape index (κ1) is 15.2. The third-order valence-electron chi connectivity index (χ3n) is 2.94. The number of nitrogens with one attached hydrogen (secondary N) is 1. The van der Waals surface area contributed by atoms with E-state index in [1.807, 2.05) is 6.92 Å². The maximum atomic E-state index is 12.3. The van der Waals surface area contributed by atoms with E-state index in [1.54, 1.807) is 30.3 Å². The predicted octanol–water partition coefficient (Wildman–Crippen LogP) is 3.13. The Labute approximate surface area is 132 Å². The molecule has 1 aromatic carbocycles. The molecule has 0 aliphatic rings. The maximum Gasteiger partial charge on any atom is 0.295 e. The van der Waals surface area contributed by atoms with Crippen molar-refractivity contribution in [1.82, 2.24) is 5.16 Å². The van der Waals surface area contributed by atoms with Gasteiger partial charge in [0, 0.05) is 11.8 Å². The van der Waals surface area contributed by atoms with Crippen LogP contribution in [0.25, 0.3) is 11.5 Å². The van der Waals surface area contributed by atoms with E-state index in [9.17, 15) is 8.42 Å². The van der Waals surface area contributed by atoms with Crippen molar-refractivity contribution in [2.75, 3.05) is 11.3 Å². The molecule has 0 aliphatic carbocycles. The first-order valence-corrected chi connectivity index (χ1v) is 8.33. The standard InChI is InChI=1S/C15H14N2O5S/c1-2-20-12-5-3-11(4-6-12)17-23(18,19)15-8-7-13(21-15)14-9-10-16-22-14/h3-10,17H,2H2,1H3. The second-order valence-corrected chi connectivity index (χ2v) is 6.17. The molecule has 0 fully saturated rings. The van der Waals surface area contributed by atoms with Gasteiger partial charge in [-0.05, 0) is 43.3 Å². The molecule has 0 radical (unpaired) electrons. The monoisotopic (exact) mass is 334 g/mol. The Balaban J connectivity index is 1.79. The summed E-state index contributed by atoms with van der Waals surface area (Å²) in [6, 6.07) is 11.0. The molecule has 3 rings (SSSR count). The van der Waals surface area contributed by atoms with Gasteiger partial charge in [0.05, 0.1) is 12.8 Å². The Morgan fingerprint density at radius 2 is 1.87 bits per heavy atom. The number of anilines is 1. The van der Waals surface area contributed by atoms with E-state index in [4.69, 9.17) is 13.7 Å². The molecule has 8 heteroatoms. The first-order chi connectivity index (χ1) is 11.1. The normalized spacial score (nSPS) is 11.3. The number of rotatable bonds is 6. The van der Waals surface area contributed by atoms with E-state index >= 15 is 0 Å². The zero-order chi connectivity index (χ0) is 16.3. The summed E-state index contributed by atoms with van der Waals surface area (Å²) < 4.78 is 42.6. The van der Waals surface area contributed by atoms with E-state index < -0.39 is 10.0 Å². The molecule has 0 saturated heterocycles. The number of benzene rings is 1. The smallest absolute Gasteiger partial charge is 0.295 e. The van der Waals surface area contributed by atoms with E-state index in [0.717, 1.165) is 0 Å². The molecule has 7 nitrogen and oxygen atoms in total. The van der Waals surface area contributed by atoms with Crippen LogP contribution in [-0.4, -0.2) is 20.2 Å². The van der Waals surface area contributed by atoms with Crippen LogP contribution in [0.4, 0.5) is 5.69 Å². The molecule has 23 heavy (non-hydrogen) atoms. The number of hydrogen-bond acceptors (Lipinski definition) is 6. The number of aromatic nitrogens is 1. The third-order valence-corrected chi connectivity index (χ3v) is 4.20. The van der Waals surface area contributed by atoms with E-state index in [0.29, 0.717) is 23.8 Å². The lowest BCUT2D eigenvalue weighted by atomic mass is 10.3. The van der Waals surface area contributed by atoms with Gasteiger partial charge in [-0.25, -0.2) is 0 Å². The molecule has 0 aliphatic heterocycles. The fourth-order valence-electron chi connectivity index (χ4n) is 1.93. The lowest BCUT2D eigenvalue weighted by Crippen LogP contribution is -2.11. The second-order valence-electron chi connectivity index (χ2n) is 4.56. The van der Waals surface area contributed by atoms with Gasteiger partial charge < -0.3 is 13.7 Å². The Morgan fingerprint density at radius 1 is 1.09 bits per heavy atom. The highest BCUT2D eigenvalue weighted by atomic mass is 32.2. The Hall–Kier alpha value is -2.74. The average molecular weight is 334 g/mol. The molecule has 2 aromatic heterocycles. The number of furan rings is 1. The molecule has 2 heterocycles. The van der Waals surface area contributed by atoms with Crippen LogP contribution in [0.1, 0.15) is 6.92 Å². The number of hydrogen-bond donors (Lipinski definition) is 1. The maximum absolute atomic E-state index is 12.3. The zero-order valence-electron chi connectivity index (χ0n) is 12.2. The lowest BCUT2D eigenvalue weighted by molar-refractivity contribution is 0.340. The Kier molecular flexibility index (Phi) is 4.07. The number of nitrogens with zero attached hydrogens (tertiary/aromatic N) is 1. The third kappa shape index (κ3) is 3.37. The fourth-order valence-corrected chi connectivity index (χ4v) is 2.92. The van der Waals surface area contributed by atoms with Gasteiger partial charge in [0.1, 0.15) is 5.75 Å². The summed E-state index contributed by atoms with van der Waals surface area (Å²) >= 11 is 0. The quantitative estimate of drug-likeness (QED) is 0.744. The minimum atomic E-state index is -3.83. The Morgan fingerprint density at radius 3 is 2.52 bits per heavy atom. The summed E-state index contributed by atoms with van der Waals surface area (Å²) in [5, 5.41) is 3.34. The van der Waals surface area contributed by atoms with Crippen LogP contribution in [0.2, 0.25) is 0 Å². The molecule has 1 N–H and O–H groups in total. The van der Waals surface area contributed by atoms with Crippen molar-refractivity contribution in [3.8, 4) is 17.3 Å². The van der Waals surface area contributed by atoms with Crippen molar-refractivity contribution in [3.63, 3.8) is 0 Å². The van der Waals surface area contributed by atoms with Crippen molar-refractivity contribution in [1.29, 1.82) is 0 Å². The van der Waals surface area contributed by atoms with Gasteiger partial charge in [0.15, 0.2) is 5.76 Å². The van der Waals surface area contributed by atoms with Crippen molar-refractivity contribution in [3.05, 3.63) is 48.7 Å². The van der Waals surface area contributed by atoms with Crippen LogP contribution < -0.4 is 9.46 Å². The summed E-state index contributed by atoms with van der Waals surface area (Å²) in [7, 11) is -3.83. The molecule has 0 atom stereocenters. The van der Waals surface area contributed by atoms with Gasteiger partial charge in [0.2, 0.25) is 10.9 Å². The highest BCUT2D eigenvalue weighted by Crippen LogP contribution is 2.26. The van der Waals surface area contributed by atoms with Gasteiger partial charge in [0.25, 0.3) is 10.0 Å². The highest BCUT2D eigenvalue weighted by molar-refractivity contribution is 7.92. The largest absolute Gasteiger partial charge is 0.494 e. The summed E-state index contributed by atoms with van der Waals surface area (Å²) in [4.78, 5) is 0. The minimum absolute atomic E-state index is 0.210. The van der Waals surface area contributed by atoms with Gasteiger partial charge in [-0.1, -0.05) is 5.16 Å². The fraction of sp³-hybridized carbons (Fsp3) is 0.133. The summed E-state index contributed by atoms with van der Waals surface area (Å²) in [6.07, 6.45) is 1.45. The van der Waals surface area contributed by atoms with Crippen molar-refractivity contribution < 1.29 is 22.1 Å². The van der Waals surface area contributed by atoms with Crippen LogP contribution >= 0.6 is 0 Å². The van der Waals surface area contributed by atoms with Gasteiger partial charge >= 0.3 is 0 Å². The number of sulfonamides is 1. The summed E-state index contributed by atoms with van der Waals surface area (Å²) in [5.74, 6) is 1.31. The highest BCUT2D eigenvalue weighted by Gasteiger charge is 2.20. The first-order valence-electron chi connectivity index (χ1n) is 6.85. The topological polar surface area (TPSA) is 94.6 Å². The molecule has 0 saturated carbocycles. The van der Waals surface area contributed by atoms with E-state index in [2.05, 4.69) is 9.88 Å². The molecular weight excluding hydrogens is 320 g/mol. The minimum Gasteiger partial charge on any atom is -0.494 e. The molecule has 0 amide bonds. The molecule has 0 unspecified atom stereocenters. The van der Waals surface area contributed by atoms with Gasteiger partial charge in [-0.15, -0.1) is 0 Å². The van der Waals surface area contributed by atoms with Crippen LogP contribution in [0.15, 0.2) is 62.7 Å². The SMILES string of the molecule is CCOc1ccc(NS(=O)(=O)c2ccc(-c3ccno3)o2)cc1. The zero-order valence-corrected chi connectivity index (χ0v) is 13.0. The average Bonchev–Trinajstić information content (AvgIpc) is 3.20. The second kappa shape index (κ2) is 6.17. The lowest BCUT2D eigenvalue weighted by Gasteiger charge is -2.07.